The molecule has 0 radical (unpaired) electrons. The largest absolute Gasteiger partial charge is 0.325 e. The van der Waals surface area contributed by atoms with Gasteiger partial charge in [-0.2, -0.15) is 0 Å². The summed E-state index contributed by atoms with van der Waals surface area (Å²) in [7, 11) is 0. The summed E-state index contributed by atoms with van der Waals surface area (Å²) < 4.78 is 0. The van der Waals surface area contributed by atoms with Gasteiger partial charge in [0.2, 0.25) is 11.8 Å². The monoisotopic (exact) mass is 340 g/mol. The van der Waals surface area contributed by atoms with E-state index in [1.807, 2.05) is 61.5 Å². The lowest BCUT2D eigenvalue weighted by Gasteiger charge is -2.16. The molecule has 4 nitrogen and oxygen atoms in total. The van der Waals surface area contributed by atoms with Crippen LogP contribution in [0.1, 0.15) is 19.8 Å². The summed E-state index contributed by atoms with van der Waals surface area (Å²) in [5.41, 5.74) is 1.64. The van der Waals surface area contributed by atoms with Gasteiger partial charge in [0, 0.05) is 29.2 Å². The first-order chi connectivity index (χ1) is 11.6. The van der Waals surface area contributed by atoms with Gasteiger partial charge in [-0.25, -0.2) is 0 Å². The minimum absolute atomic E-state index is 0.0335. The van der Waals surface area contributed by atoms with E-state index >= 15 is 0 Å². The smallest absolute Gasteiger partial charge is 0.237 e. The van der Waals surface area contributed by atoms with E-state index in [4.69, 9.17) is 0 Å². The van der Waals surface area contributed by atoms with Gasteiger partial charge in [0.15, 0.2) is 0 Å². The van der Waals surface area contributed by atoms with E-state index in [1.165, 1.54) is 11.8 Å². The lowest BCUT2D eigenvalue weighted by Crippen LogP contribution is -2.24. The second kappa shape index (κ2) is 7.53. The number of carbonyl (C=O) groups excluding carboxylic acids is 2. The van der Waals surface area contributed by atoms with Crippen LogP contribution in [-0.4, -0.2) is 23.6 Å². The second-order valence-corrected chi connectivity index (χ2v) is 7.17. The quantitative estimate of drug-likeness (QED) is 0.839. The number of nitrogens with one attached hydrogen (secondary N) is 1. The lowest BCUT2D eigenvalue weighted by atomic mass is 10.2. The zero-order valence-electron chi connectivity index (χ0n) is 13.6. The molecule has 1 unspecified atom stereocenters. The van der Waals surface area contributed by atoms with Crippen LogP contribution in [0.25, 0.3) is 0 Å². The first-order valence-corrected chi connectivity index (χ1v) is 8.94. The molecular weight excluding hydrogens is 320 g/mol. The molecule has 1 aliphatic rings. The van der Waals surface area contributed by atoms with Crippen molar-refractivity contribution in [3.05, 3.63) is 54.6 Å². The molecule has 0 saturated carbocycles. The summed E-state index contributed by atoms with van der Waals surface area (Å²) in [5, 5.41) is 2.74. The molecule has 0 aromatic heterocycles. The molecule has 24 heavy (non-hydrogen) atoms. The Bertz CT molecular complexity index is 716. The Hall–Kier alpha value is -2.27. The average molecular weight is 340 g/mol. The van der Waals surface area contributed by atoms with Crippen LogP contribution in [0, 0.1) is 0 Å². The third-order valence-electron chi connectivity index (χ3n) is 3.95. The van der Waals surface area contributed by atoms with Crippen molar-refractivity contribution in [2.75, 3.05) is 16.8 Å². The van der Waals surface area contributed by atoms with Crippen molar-refractivity contribution < 1.29 is 9.59 Å². The third kappa shape index (κ3) is 3.97. The molecule has 1 heterocycles. The van der Waals surface area contributed by atoms with Gasteiger partial charge in [-0.15, -0.1) is 11.8 Å². The van der Waals surface area contributed by atoms with Crippen LogP contribution in [-0.2, 0) is 9.59 Å². The zero-order valence-corrected chi connectivity index (χ0v) is 14.4. The van der Waals surface area contributed by atoms with Crippen molar-refractivity contribution in [2.45, 2.75) is 29.9 Å². The van der Waals surface area contributed by atoms with E-state index in [-0.39, 0.29) is 17.1 Å². The van der Waals surface area contributed by atoms with Crippen LogP contribution in [0.4, 0.5) is 11.4 Å². The summed E-state index contributed by atoms with van der Waals surface area (Å²) in [4.78, 5) is 26.9. The Morgan fingerprint density at radius 2 is 1.83 bits per heavy atom. The highest BCUT2D eigenvalue weighted by molar-refractivity contribution is 8.00. The molecule has 1 atom stereocenters. The van der Waals surface area contributed by atoms with Gasteiger partial charge in [-0.1, -0.05) is 18.2 Å². The van der Waals surface area contributed by atoms with Crippen molar-refractivity contribution in [1.82, 2.24) is 0 Å². The fourth-order valence-electron chi connectivity index (χ4n) is 2.65. The van der Waals surface area contributed by atoms with E-state index < -0.39 is 0 Å². The number of rotatable bonds is 5. The van der Waals surface area contributed by atoms with Crippen LogP contribution in [0.5, 0.6) is 0 Å². The molecule has 124 valence electrons. The molecule has 5 heteroatoms. The maximum absolute atomic E-state index is 12.3. The van der Waals surface area contributed by atoms with Gasteiger partial charge in [-0.3, -0.25) is 9.59 Å². The number of hydrogen-bond acceptors (Lipinski definition) is 3. The molecule has 0 aliphatic carbocycles. The van der Waals surface area contributed by atoms with Crippen LogP contribution < -0.4 is 10.2 Å². The highest BCUT2D eigenvalue weighted by atomic mass is 32.2. The van der Waals surface area contributed by atoms with Crippen LogP contribution >= 0.6 is 11.8 Å². The normalized spacial score (nSPS) is 15.4. The molecule has 1 N–H and O–H groups in total. The van der Waals surface area contributed by atoms with Gasteiger partial charge in [0.1, 0.15) is 0 Å². The third-order valence-corrected chi connectivity index (χ3v) is 5.06. The molecule has 0 bridgehead atoms. The summed E-state index contributed by atoms with van der Waals surface area (Å²) in [6.45, 7) is 2.67. The van der Waals surface area contributed by atoms with E-state index in [2.05, 4.69) is 5.32 Å². The molecule has 3 rings (SSSR count). The van der Waals surface area contributed by atoms with E-state index in [0.717, 1.165) is 29.2 Å². The molecule has 0 spiro atoms. The van der Waals surface area contributed by atoms with Gasteiger partial charge in [-0.05, 0) is 49.7 Å². The SMILES string of the molecule is CC(Sc1ccccc1)C(=O)Nc1ccc(N2CCCC2=O)cc1. The van der Waals surface area contributed by atoms with Crippen LogP contribution in [0.15, 0.2) is 59.5 Å². The molecule has 2 aromatic carbocycles. The molecule has 1 aliphatic heterocycles. The first-order valence-electron chi connectivity index (χ1n) is 8.06. The first kappa shape index (κ1) is 16.6. The summed E-state index contributed by atoms with van der Waals surface area (Å²) in [5.74, 6) is 0.133. The van der Waals surface area contributed by atoms with E-state index in [1.54, 1.807) is 4.90 Å². The maximum Gasteiger partial charge on any atom is 0.237 e. The number of anilines is 2. The number of amides is 2. The van der Waals surface area contributed by atoms with Crippen molar-refractivity contribution in [2.24, 2.45) is 0 Å². The second-order valence-electron chi connectivity index (χ2n) is 5.76. The van der Waals surface area contributed by atoms with Crippen molar-refractivity contribution in [1.29, 1.82) is 0 Å². The number of thioether (sulfide) groups is 1. The fraction of sp³-hybridized carbons (Fsp3) is 0.263. The predicted molar refractivity (Wildman–Crippen MR) is 98.4 cm³/mol. The fourth-order valence-corrected chi connectivity index (χ4v) is 3.53. The number of hydrogen-bond donors (Lipinski definition) is 1. The van der Waals surface area contributed by atoms with Gasteiger partial charge >= 0.3 is 0 Å². The lowest BCUT2D eigenvalue weighted by molar-refractivity contribution is -0.117. The topological polar surface area (TPSA) is 49.4 Å². The Morgan fingerprint density at radius 1 is 1.12 bits per heavy atom. The van der Waals surface area contributed by atoms with E-state index in [0.29, 0.717) is 6.42 Å². The summed E-state index contributed by atoms with van der Waals surface area (Å²) >= 11 is 1.53. The molecule has 2 aromatic rings. The molecular formula is C19H20N2O2S. The van der Waals surface area contributed by atoms with Crippen molar-refractivity contribution in [3.8, 4) is 0 Å². The predicted octanol–water partition coefficient (Wildman–Crippen LogP) is 3.93. The molecule has 1 fully saturated rings. The van der Waals surface area contributed by atoms with Gasteiger partial charge < -0.3 is 10.2 Å². The minimum Gasteiger partial charge on any atom is -0.325 e. The number of nitrogens with zero attached hydrogens (tertiary/aromatic N) is 1. The van der Waals surface area contributed by atoms with Gasteiger partial charge in [0.05, 0.1) is 5.25 Å². The van der Waals surface area contributed by atoms with E-state index in [9.17, 15) is 9.59 Å². The van der Waals surface area contributed by atoms with Crippen molar-refractivity contribution in [3.63, 3.8) is 0 Å². The summed E-state index contributed by atoms with van der Waals surface area (Å²) in [6, 6.07) is 17.3. The average Bonchev–Trinajstić information content (AvgIpc) is 3.02. The Kier molecular flexibility index (Phi) is 5.20. The maximum atomic E-state index is 12.3. The highest BCUT2D eigenvalue weighted by Gasteiger charge is 2.21. The van der Waals surface area contributed by atoms with Gasteiger partial charge in [0.25, 0.3) is 0 Å². The zero-order chi connectivity index (χ0) is 16.9. The number of carbonyl (C=O) groups is 2. The number of benzene rings is 2. The van der Waals surface area contributed by atoms with Crippen molar-refractivity contribution >= 4 is 35.0 Å². The minimum atomic E-state index is -0.188. The van der Waals surface area contributed by atoms with Crippen LogP contribution in [0.2, 0.25) is 0 Å². The Labute approximate surface area is 146 Å². The highest BCUT2D eigenvalue weighted by Crippen LogP contribution is 2.25. The summed E-state index contributed by atoms with van der Waals surface area (Å²) in [6.07, 6.45) is 1.53. The standard InChI is InChI=1S/C19H20N2O2S/c1-14(24-17-6-3-2-4-7-17)19(23)20-15-9-11-16(12-10-15)21-13-5-8-18(21)22/h2-4,6-7,9-12,14H,5,8,13H2,1H3,(H,20,23). The Morgan fingerprint density at radius 3 is 2.46 bits per heavy atom. The Balaban J connectivity index is 1.59. The van der Waals surface area contributed by atoms with Crippen LogP contribution in [0.3, 0.4) is 0 Å². The molecule has 2 amide bonds. The molecule has 1 saturated heterocycles.